The Bertz CT molecular complexity index is 574. The molecular formula is C12H11FN2O3S. The first-order valence-corrected chi connectivity index (χ1v) is 6.39. The first kappa shape index (κ1) is 13.4. The van der Waals surface area contributed by atoms with E-state index in [-0.39, 0.29) is 18.0 Å². The quantitative estimate of drug-likeness (QED) is 0.653. The Labute approximate surface area is 112 Å². The molecule has 0 unspecified atom stereocenters. The normalized spacial score (nSPS) is 12.1. The summed E-state index contributed by atoms with van der Waals surface area (Å²) >= 11 is 1.45. The molecule has 0 spiro atoms. The smallest absolute Gasteiger partial charge is 0.292 e. The highest BCUT2D eigenvalue weighted by atomic mass is 32.1. The molecule has 2 aromatic rings. The number of nitrogens with one attached hydrogen (secondary N) is 1. The molecule has 2 rings (SSSR count). The van der Waals surface area contributed by atoms with E-state index in [1.807, 2.05) is 10.8 Å². The van der Waals surface area contributed by atoms with E-state index in [4.69, 9.17) is 0 Å². The van der Waals surface area contributed by atoms with Crippen LogP contribution in [0.3, 0.4) is 0 Å². The molecule has 1 aromatic carbocycles. The molecule has 1 atom stereocenters. The van der Waals surface area contributed by atoms with Crippen LogP contribution in [-0.2, 0) is 0 Å². The second-order valence-corrected chi connectivity index (χ2v) is 4.63. The van der Waals surface area contributed by atoms with Crippen LogP contribution in [0.1, 0.15) is 11.6 Å². The van der Waals surface area contributed by atoms with Gasteiger partial charge in [-0.2, -0.15) is 11.3 Å². The molecule has 0 saturated heterocycles. The van der Waals surface area contributed by atoms with Crippen molar-refractivity contribution in [1.82, 2.24) is 0 Å². The van der Waals surface area contributed by atoms with Gasteiger partial charge < -0.3 is 10.4 Å². The molecule has 0 aliphatic heterocycles. The third-order valence-electron chi connectivity index (χ3n) is 2.61. The van der Waals surface area contributed by atoms with Crippen molar-refractivity contribution >= 4 is 22.7 Å². The van der Waals surface area contributed by atoms with E-state index in [1.165, 1.54) is 11.3 Å². The van der Waals surface area contributed by atoms with Gasteiger partial charge in [0.1, 0.15) is 11.5 Å². The lowest BCUT2D eigenvalue weighted by molar-refractivity contribution is -0.384. The van der Waals surface area contributed by atoms with Crippen LogP contribution >= 0.6 is 11.3 Å². The van der Waals surface area contributed by atoms with Gasteiger partial charge in [-0.25, -0.2) is 4.39 Å². The maximum atomic E-state index is 13.2. The first-order chi connectivity index (χ1) is 9.11. The standard InChI is InChI=1S/C12H11FN2O3S/c13-9-1-2-12(15(17)18)10(5-9)14-11(6-16)8-3-4-19-7-8/h1-5,7,11,14,16H,6H2/t11-/m1/s1. The lowest BCUT2D eigenvalue weighted by atomic mass is 10.1. The molecule has 0 saturated carbocycles. The number of thiophene rings is 1. The predicted octanol–water partition coefficient (Wildman–Crippen LogP) is 2.94. The zero-order valence-corrected chi connectivity index (χ0v) is 10.6. The Hall–Kier alpha value is -1.99. The second-order valence-electron chi connectivity index (χ2n) is 3.85. The monoisotopic (exact) mass is 282 g/mol. The van der Waals surface area contributed by atoms with Crippen LogP contribution in [0.25, 0.3) is 0 Å². The van der Waals surface area contributed by atoms with E-state index < -0.39 is 16.8 Å². The largest absolute Gasteiger partial charge is 0.394 e. The van der Waals surface area contributed by atoms with Crippen molar-refractivity contribution in [2.75, 3.05) is 11.9 Å². The minimum Gasteiger partial charge on any atom is -0.394 e. The van der Waals surface area contributed by atoms with E-state index in [1.54, 1.807) is 6.07 Å². The highest BCUT2D eigenvalue weighted by Gasteiger charge is 2.18. The van der Waals surface area contributed by atoms with Crippen molar-refractivity contribution in [3.05, 3.63) is 56.5 Å². The molecule has 0 fully saturated rings. The maximum Gasteiger partial charge on any atom is 0.292 e. The van der Waals surface area contributed by atoms with Gasteiger partial charge in [0.25, 0.3) is 5.69 Å². The fraction of sp³-hybridized carbons (Fsp3) is 0.167. The number of nitro groups is 1. The van der Waals surface area contributed by atoms with Crippen LogP contribution in [0.2, 0.25) is 0 Å². The van der Waals surface area contributed by atoms with E-state index >= 15 is 0 Å². The van der Waals surface area contributed by atoms with Gasteiger partial charge in [0.2, 0.25) is 0 Å². The summed E-state index contributed by atoms with van der Waals surface area (Å²) in [4.78, 5) is 10.3. The van der Waals surface area contributed by atoms with Gasteiger partial charge >= 0.3 is 0 Å². The van der Waals surface area contributed by atoms with Crippen molar-refractivity contribution < 1.29 is 14.4 Å². The minimum atomic E-state index is -0.593. The van der Waals surface area contributed by atoms with Gasteiger partial charge in [0, 0.05) is 12.1 Å². The number of nitro benzene ring substituents is 1. The third kappa shape index (κ3) is 3.07. The number of halogens is 1. The summed E-state index contributed by atoms with van der Waals surface area (Å²) in [5.74, 6) is -0.574. The number of aliphatic hydroxyl groups is 1. The molecule has 0 amide bonds. The topological polar surface area (TPSA) is 75.4 Å². The number of hydrogen-bond acceptors (Lipinski definition) is 5. The summed E-state index contributed by atoms with van der Waals surface area (Å²) in [5.41, 5.74) is 0.622. The van der Waals surface area contributed by atoms with Crippen molar-refractivity contribution in [1.29, 1.82) is 0 Å². The van der Waals surface area contributed by atoms with E-state index in [2.05, 4.69) is 5.32 Å². The summed E-state index contributed by atoms with van der Waals surface area (Å²) in [6, 6.07) is 4.46. The van der Waals surface area contributed by atoms with E-state index in [0.717, 1.165) is 23.8 Å². The van der Waals surface area contributed by atoms with Gasteiger partial charge in [0.15, 0.2) is 0 Å². The molecule has 100 valence electrons. The highest BCUT2D eigenvalue weighted by Crippen LogP contribution is 2.29. The summed E-state index contributed by atoms with van der Waals surface area (Å²) in [6.45, 7) is -0.246. The van der Waals surface area contributed by atoms with Crippen LogP contribution in [-0.4, -0.2) is 16.6 Å². The van der Waals surface area contributed by atoms with Crippen LogP contribution in [0.4, 0.5) is 15.8 Å². The summed E-state index contributed by atoms with van der Waals surface area (Å²) in [5, 5.41) is 26.7. The Morgan fingerprint density at radius 1 is 1.47 bits per heavy atom. The third-order valence-corrected chi connectivity index (χ3v) is 3.31. The number of benzene rings is 1. The van der Waals surface area contributed by atoms with Crippen molar-refractivity contribution in [2.45, 2.75) is 6.04 Å². The van der Waals surface area contributed by atoms with Gasteiger partial charge in [-0.3, -0.25) is 10.1 Å². The van der Waals surface area contributed by atoms with Gasteiger partial charge in [-0.05, 0) is 28.5 Å². The van der Waals surface area contributed by atoms with Gasteiger partial charge in [-0.15, -0.1) is 0 Å². The molecule has 0 radical (unpaired) electrons. The average Bonchev–Trinajstić information content (AvgIpc) is 2.89. The highest BCUT2D eigenvalue weighted by molar-refractivity contribution is 7.08. The SMILES string of the molecule is O=[N+]([O-])c1ccc(F)cc1N[C@H](CO)c1ccsc1. The summed E-state index contributed by atoms with van der Waals surface area (Å²) in [7, 11) is 0. The first-order valence-electron chi connectivity index (χ1n) is 5.45. The van der Waals surface area contributed by atoms with Crippen LogP contribution in [0.5, 0.6) is 0 Å². The van der Waals surface area contributed by atoms with Crippen molar-refractivity contribution in [2.24, 2.45) is 0 Å². The van der Waals surface area contributed by atoms with Crippen molar-refractivity contribution in [3.63, 3.8) is 0 Å². The minimum absolute atomic E-state index is 0.0512. The summed E-state index contributed by atoms with van der Waals surface area (Å²) in [6.07, 6.45) is 0. The van der Waals surface area contributed by atoms with Gasteiger partial charge in [-0.1, -0.05) is 0 Å². The number of rotatable bonds is 5. The fourth-order valence-corrected chi connectivity index (χ4v) is 2.39. The lowest BCUT2D eigenvalue weighted by Crippen LogP contribution is -2.15. The molecule has 0 bridgehead atoms. The van der Waals surface area contributed by atoms with E-state index in [0.29, 0.717) is 0 Å². The van der Waals surface area contributed by atoms with E-state index in [9.17, 15) is 19.6 Å². The van der Waals surface area contributed by atoms with Crippen LogP contribution < -0.4 is 5.32 Å². The summed E-state index contributed by atoms with van der Waals surface area (Å²) < 4.78 is 13.2. The van der Waals surface area contributed by atoms with Crippen molar-refractivity contribution in [3.8, 4) is 0 Å². The molecular weight excluding hydrogens is 271 g/mol. The molecule has 7 heteroatoms. The Kier molecular flexibility index (Phi) is 4.08. The molecule has 0 aliphatic carbocycles. The maximum absolute atomic E-state index is 13.2. The lowest BCUT2D eigenvalue weighted by Gasteiger charge is -2.16. The molecule has 19 heavy (non-hydrogen) atoms. The second kappa shape index (κ2) is 5.77. The molecule has 1 aromatic heterocycles. The predicted molar refractivity (Wildman–Crippen MR) is 70.8 cm³/mol. The zero-order valence-electron chi connectivity index (χ0n) is 9.75. The van der Waals surface area contributed by atoms with Crippen LogP contribution in [0, 0.1) is 15.9 Å². The number of aliphatic hydroxyl groups excluding tert-OH is 1. The Balaban J connectivity index is 2.31. The Morgan fingerprint density at radius 2 is 2.26 bits per heavy atom. The average molecular weight is 282 g/mol. The molecule has 5 nitrogen and oxygen atoms in total. The molecule has 2 N–H and O–H groups in total. The van der Waals surface area contributed by atoms with Crippen LogP contribution in [0.15, 0.2) is 35.0 Å². The number of nitrogens with zero attached hydrogens (tertiary/aromatic N) is 1. The Morgan fingerprint density at radius 3 is 2.84 bits per heavy atom. The zero-order chi connectivity index (χ0) is 13.8. The molecule has 0 aliphatic rings. The fourth-order valence-electron chi connectivity index (χ4n) is 1.68. The molecule has 1 heterocycles. The number of hydrogen-bond donors (Lipinski definition) is 2. The van der Waals surface area contributed by atoms with Gasteiger partial charge in [0.05, 0.1) is 17.6 Å². The number of anilines is 1.